The van der Waals surface area contributed by atoms with Gasteiger partial charge < -0.3 is 0 Å². The van der Waals surface area contributed by atoms with E-state index in [1.54, 1.807) is 11.8 Å². The van der Waals surface area contributed by atoms with Gasteiger partial charge in [-0.2, -0.15) is 0 Å². The molecule has 0 bridgehead atoms. The van der Waals surface area contributed by atoms with Crippen LogP contribution >= 0.6 is 27.7 Å². The first-order valence-electron chi connectivity index (χ1n) is 6.60. The minimum atomic E-state index is 0.862. The fraction of sp³-hybridized carbons (Fsp3) is 0.125. The molecule has 0 radical (unpaired) electrons. The topological polar surface area (TPSA) is 41.6 Å². The summed E-state index contributed by atoms with van der Waals surface area (Å²) >= 11 is 5.25. The molecule has 0 aliphatic heterocycles. The molecule has 0 saturated carbocycles. The van der Waals surface area contributed by atoms with Gasteiger partial charge in [0.25, 0.3) is 0 Å². The van der Waals surface area contributed by atoms with Gasteiger partial charge in [0, 0.05) is 15.8 Å². The second-order valence-electron chi connectivity index (χ2n) is 4.73. The van der Waals surface area contributed by atoms with Crippen molar-refractivity contribution >= 4 is 33.3 Å². The number of allylic oxidation sites excluding steroid dienone is 6. The molecule has 0 spiro atoms. The number of halogens is 1. The molecule has 3 rings (SSSR count). The van der Waals surface area contributed by atoms with Gasteiger partial charge in [0.05, 0.1) is 5.69 Å². The van der Waals surface area contributed by atoms with Gasteiger partial charge in [-0.15, -0.1) is 5.10 Å². The number of hydrogen-bond donors (Lipinski definition) is 1. The van der Waals surface area contributed by atoms with Gasteiger partial charge in [-0.25, -0.2) is 0 Å². The molecule has 1 aromatic heterocycles. The summed E-state index contributed by atoms with van der Waals surface area (Å²) < 4.78 is 1.10. The Hall–Kier alpha value is -1.59. The van der Waals surface area contributed by atoms with E-state index in [4.69, 9.17) is 0 Å². The molecule has 3 nitrogen and oxygen atoms in total. The highest BCUT2D eigenvalue weighted by atomic mass is 79.9. The third-order valence-corrected chi connectivity index (χ3v) is 4.72. The minimum absolute atomic E-state index is 0.862. The maximum absolute atomic E-state index is 4.18. The quantitative estimate of drug-likeness (QED) is 0.847. The Morgan fingerprint density at radius 2 is 1.90 bits per heavy atom. The van der Waals surface area contributed by atoms with E-state index in [9.17, 15) is 0 Å². The van der Waals surface area contributed by atoms with Crippen LogP contribution in [-0.4, -0.2) is 15.4 Å². The highest BCUT2D eigenvalue weighted by Crippen LogP contribution is 2.35. The summed E-state index contributed by atoms with van der Waals surface area (Å²) in [4.78, 5) is 2.52. The lowest BCUT2D eigenvalue weighted by Crippen LogP contribution is -1.89. The van der Waals surface area contributed by atoms with Crippen molar-refractivity contribution in [2.75, 3.05) is 0 Å². The second kappa shape index (κ2) is 6.45. The number of rotatable bonds is 3. The first-order chi connectivity index (χ1) is 10.2. The van der Waals surface area contributed by atoms with Gasteiger partial charge in [-0.3, -0.25) is 5.10 Å². The van der Waals surface area contributed by atoms with Crippen LogP contribution in [0.4, 0.5) is 0 Å². The van der Waals surface area contributed by atoms with Gasteiger partial charge in [0.2, 0.25) is 0 Å². The van der Waals surface area contributed by atoms with Crippen LogP contribution in [0.5, 0.6) is 0 Å². The third-order valence-electron chi connectivity index (χ3n) is 3.14. The van der Waals surface area contributed by atoms with Crippen molar-refractivity contribution in [3.8, 4) is 0 Å². The van der Waals surface area contributed by atoms with Crippen molar-refractivity contribution in [1.29, 1.82) is 0 Å². The lowest BCUT2D eigenvalue weighted by molar-refractivity contribution is 0.925. The van der Waals surface area contributed by atoms with E-state index in [0.29, 0.717) is 0 Å². The number of hydrogen-bond acceptors (Lipinski definition) is 3. The summed E-state index contributed by atoms with van der Waals surface area (Å²) in [6.45, 7) is 2.00. The summed E-state index contributed by atoms with van der Waals surface area (Å²) in [6, 6.07) is 8.37. The molecule has 21 heavy (non-hydrogen) atoms. The normalized spacial score (nSPS) is 14.6. The van der Waals surface area contributed by atoms with Gasteiger partial charge in [-0.05, 0) is 41.7 Å². The number of aromatic nitrogens is 3. The fourth-order valence-corrected chi connectivity index (χ4v) is 3.32. The average molecular weight is 360 g/mol. The standard InChI is InChI=1S/C16H14BrN3S/c1-11-16(19-20-18-11)12-4-2-3-5-15(10-12)21-14-8-6-13(17)7-9-14/h2-9H,10H2,1H3,(H,18,19,20). The minimum Gasteiger partial charge on any atom is -0.262 e. The first kappa shape index (κ1) is 14.4. The molecule has 0 unspecified atom stereocenters. The van der Waals surface area contributed by atoms with E-state index in [1.807, 2.05) is 6.92 Å². The second-order valence-corrected chi connectivity index (χ2v) is 6.84. The predicted octanol–water partition coefficient (Wildman–Crippen LogP) is 4.90. The number of benzene rings is 1. The van der Waals surface area contributed by atoms with Crippen LogP contribution in [0, 0.1) is 6.92 Å². The van der Waals surface area contributed by atoms with E-state index in [1.165, 1.54) is 15.4 Å². The molecular formula is C16H14BrN3S. The van der Waals surface area contributed by atoms with Crippen LogP contribution in [0.15, 0.2) is 62.8 Å². The summed E-state index contributed by atoms with van der Waals surface area (Å²) in [6.07, 6.45) is 9.26. The SMILES string of the molecule is Cc1[nH]nnc1C1=CC=CC=C(Sc2ccc(Br)cc2)C1. The monoisotopic (exact) mass is 359 g/mol. The Morgan fingerprint density at radius 3 is 2.62 bits per heavy atom. The van der Waals surface area contributed by atoms with E-state index < -0.39 is 0 Å². The van der Waals surface area contributed by atoms with Gasteiger partial charge >= 0.3 is 0 Å². The summed E-state index contributed by atoms with van der Waals surface area (Å²) in [5.41, 5.74) is 3.14. The van der Waals surface area contributed by atoms with E-state index in [0.717, 1.165) is 22.3 Å². The van der Waals surface area contributed by atoms with Crippen molar-refractivity contribution in [3.63, 3.8) is 0 Å². The van der Waals surface area contributed by atoms with Crippen LogP contribution in [-0.2, 0) is 0 Å². The van der Waals surface area contributed by atoms with Crippen molar-refractivity contribution in [2.24, 2.45) is 0 Å². The zero-order chi connectivity index (χ0) is 14.7. The molecule has 0 fully saturated rings. The molecular weight excluding hydrogens is 346 g/mol. The molecule has 1 aromatic carbocycles. The van der Waals surface area contributed by atoms with E-state index >= 15 is 0 Å². The number of aromatic amines is 1. The number of nitrogens with one attached hydrogen (secondary N) is 1. The molecule has 106 valence electrons. The molecule has 5 heteroatoms. The number of nitrogens with zero attached hydrogens (tertiary/aromatic N) is 2. The van der Waals surface area contributed by atoms with Crippen molar-refractivity contribution < 1.29 is 0 Å². The van der Waals surface area contributed by atoms with Crippen molar-refractivity contribution in [2.45, 2.75) is 18.2 Å². The molecule has 1 N–H and O–H groups in total. The van der Waals surface area contributed by atoms with Crippen molar-refractivity contribution in [3.05, 3.63) is 69.3 Å². The summed E-state index contributed by atoms with van der Waals surface area (Å²) in [5.74, 6) is 0. The van der Waals surface area contributed by atoms with Crippen LogP contribution in [0.3, 0.4) is 0 Å². The lowest BCUT2D eigenvalue weighted by Gasteiger charge is -2.08. The molecule has 0 amide bonds. The Balaban J connectivity index is 1.80. The van der Waals surface area contributed by atoms with Crippen LogP contribution in [0.2, 0.25) is 0 Å². The molecule has 0 saturated heterocycles. The molecule has 1 heterocycles. The third kappa shape index (κ3) is 3.54. The molecule has 0 atom stereocenters. The van der Waals surface area contributed by atoms with Gasteiger partial charge in [0.15, 0.2) is 0 Å². The van der Waals surface area contributed by atoms with E-state index in [-0.39, 0.29) is 0 Å². The largest absolute Gasteiger partial charge is 0.262 e. The number of thioether (sulfide) groups is 1. The van der Waals surface area contributed by atoms with Crippen LogP contribution < -0.4 is 0 Å². The Kier molecular flexibility index (Phi) is 4.41. The van der Waals surface area contributed by atoms with Crippen molar-refractivity contribution in [1.82, 2.24) is 15.4 Å². The molecule has 1 aliphatic rings. The number of aryl methyl sites for hydroxylation is 1. The zero-order valence-electron chi connectivity index (χ0n) is 11.5. The zero-order valence-corrected chi connectivity index (χ0v) is 13.9. The highest BCUT2D eigenvalue weighted by Gasteiger charge is 2.13. The average Bonchev–Trinajstić information content (AvgIpc) is 2.77. The fourth-order valence-electron chi connectivity index (χ4n) is 2.11. The summed E-state index contributed by atoms with van der Waals surface area (Å²) in [7, 11) is 0. The lowest BCUT2D eigenvalue weighted by atomic mass is 10.1. The maximum atomic E-state index is 4.18. The van der Waals surface area contributed by atoms with Crippen LogP contribution in [0.1, 0.15) is 17.8 Å². The first-order valence-corrected chi connectivity index (χ1v) is 8.21. The van der Waals surface area contributed by atoms with Crippen LogP contribution in [0.25, 0.3) is 5.57 Å². The predicted molar refractivity (Wildman–Crippen MR) is 90.9 cm³/mol. The summed E-state index contributed by atoms with van der Waals surface area (Å²) in [5, 5.41) is 11.0. The Morgan fingerprint density at radius 1 is 1.14 bits per heavy atom. The Labute approximate surface area is 136 Å². The van der Waals surface area contributed by atoms with Gasteiger partial charge in [-0.1, -0.05) is 57.2 Å². The molecule has 1 aliphatic carbocycles. The smallest absolute Gasteiger partial charge is 0.112 e. The Bertz CT molecular complexity index is 726. The highest BCUT2D eigenvalue weighted by molar-refractivity contribution is 9.10. The number of H-pyrrole nitrogens is 1. The molecule has 2 aromatic rings. The van der Waals surface area contributed by atoms with E-state index in [2.05, 4.69) is 79.9 Å². The maximum Gasteiger partial charge on any atom is 0.112 e. The van der Waals surface area contributed by atoms with Gasteiger partial charge in [0.1, 0.15) is 5.69 Å².